The molecule has 2 aromatic rings. The molecule has 0 aliphatic carbocycles. The average molecular weight is 320 g/mol. The summed E-state index contributed by atoms with van der Waals surface area (Å²) in [4.78, 5) is 24.4. The van der Waals surface area contributed by atoms with Crippen LogP contribution in [0.4, 0.5) is 0 Å². The Morgan fingerprint density at radius 1 is 0.955 bits per heavy atom. The quantitative estimate of drug-likeness (QED) is 0.796. The summed E-state index contributed by atoms with van der Waals surface area (Å²) in [5, 5.41) is 3.00. The van der Waals surface area contributed by atoms with E-state index in [1.807, 2.05) is 12.1 Å². The van der Waals surface area contributed by atoms with Crippen molar-refractivity contribution in [3.63, 3.8) is 0 Å². The molecule has 6 nitrogen and oxygen atoms in total. The van der Waals surface area contributed by atoms with Gasteiger partial charge in [-0.05, 0) is 38.9 Å². The predicted octanol–water partition coefficient (Wildman–Crippen LogP) is 3.31. The second-order valence-electron chi connectivity index (χ2n) is 5.17. The Morgan fingerprint density at radius 2 is 1.36 bits per heavy atom. The molecule has 2 aromatic heterocycles. The second-order valence-corrected chi connectivity index (χ2v) is 7.48. The number of hydrazine groups is 1. The van der Waals surface area contributed by atoms with E-state index in [1.54, 1.807) is 24.7 Å². The zero-order chi connectivity index (χ0) is 15.9. The Labute approximate surface area is 129 Å². The summed E-state index contributed by atoms with van der Waals surface area (Å²) in [7, 11) is -0.814. The van der Waals surface area contributed by atoms with Crippen LogP contribution < -0.4 is 0 Å². The summed E-state index contributed by atoms with van der Waals surface area (Å²) >= 11 is 0. The fourth-order valence-electron chi connectivity index (χ4n) is 2.88. The standard InChI is InChI=1S/C15H17N2O4P/c1-10(18)16-14(12-6-4-8-20-12)22(3)15(17(16)11(2)19)13-7-5-9-21-13/h4-9,14-15H,1-3H3/t14-,15-/m0/s1. The molecule has 22 heavy (non-hydrogen) atoms. The summed E-state index contributed by atoms with van der Waals surface area (Å²) < 4.78 is 11.0. The molecule has 0 radical (unpaired) electrons. The van der Waals surface area contributed by atoms with Crippen molar-refractivity contribution in [2.75, 3.05) is 6.66 Å². The van der Waals surface area contributed by atoms with Crippen LogP contribution >= 0.6 is 7.92 Å². The Kier molecular flexibility index (Phi) is 3.79. The zero-order valence-electron chi connectivity index (χ0n) is 12.6. The molecule has 3 heterocycles. The van der Waals surface area contributed by atoms with Gasteiger partial charge < -0.3 is 8.83 Å². The molecule has 2 atom stereocenters. The van der Waals surface area contributed by atoms with E-state index >= 15 is 0 Å². The molecule has 1 aliphatic rings. The van der Waals surface area contributed by atoms with Crippen LogP contribution in [0.15, 0.2) is 45.6 Å². The molecule has 3 rings (SSSR count). The highest BCUT2D eigenvalue weighted by Gasteiger charge is 2.51. The highest BCUT2D eigenvalue weighted by atomic mass is 31.1. The monoisotopic (exact) mass is 320 g/mol. The summed E-state index contributed by atoms with van der Waals surface area (Å²) in [6.07, 6.45) is 3.16. The third-order valence-corrected chi connectivity index (χ3v) is 6.20. The maximum atomic E-state index is 12.2. The van der Waals surface area contributed by atoms with Gasteiger partial charge in [0.05, 0.1) is 12.5 Å². The zero-order valence-corrected chi connectivity index (χ0v) is 13.5. The van der Waals surface area contributed by atoms with Crippen LogP contribution in [-0.4, -0.2) is 28.5 Å². The number of carbonyl (C=O) groups excluding carboxylic acids is 2. The molecule has 1 aliphatic heterocycles. The van der Waals surface area contributed by atoms with Gasteiger partial charge in [-0.2, -0.15) is 0 Å². The van der Waals surface area contributed by atoms with Gasteiger partial charge in [0.2, 0.25) is 11.8 Å². The van der Waals surface area contributed by atoms with Crippen molar-refractivity contribution < 1.29 is 18.4 Å². The topological polar surface area (TPSA) is 66.9 Å². The highest BCUT2D eigenvalue weighted by molar-refractivity contribution is 7.57. The smallest absolute Gasteiger partial charge is 0.239 e. The van der Waals surface area contributed by atoms with Crippen LogP contribution in [-0.2, 0) is 9.59 Å². The average Bonchev–Trinajstić information content (AvgIpc) is 3.16. The fourth-order valence-corrected chi connectivity index (χ4v) is 5.48. The van der Waals surface area contributed by atoms with Gasteiger partial charge in [-0.15, -0.1) is 0 Å². The molecule has 0 spiro atoms. The molecular formula is C15H17N2O4P. The first-order valence-electron chi connectivity index (χ1n) is 6.90. The van der Waals surface area contributed by atoms with Crippen molar-refractivity contribution >= 4 is 19.7 Å². The Morgan fingerprint density at radius 3 is 1.64 bits per heavy atom. The second kappa shape index (κ2) is 5.61. The minimum absolute atomic E-state index is 0.194. The van der Waals surface area contributed by atoms with Gasteiger partial charge in [0, 0.05) is 13.8 Å². The molecule has 0 N–H and O–H groups in total. The maximum absolute atomic E-state index is 12.2. The summed E-state index contributed by atoms with van der Waals surface area (Å²) in [6.45, 7) is 4.97. The number of furan rings is 2. The number of hydrogen-bond donors (Lipinski definition) is 0. The van der Waals surface area contributed by atoms with E-state index in [9.17, 15) is 9.59 Å². The van der Waals surface area contributed by atoms with Crippen molar-refractivity contribution in [2.24, 2.45) is 0 Å². The predicted molar refractivity (Wildman–Crippen MR) is 80.8 cm³/mol. The largest absolute Gasteiger partial charge is 0.467 e. The molecular weight excluding hydrogens is 303 g/mol. The lowest BCUT2D eigenvalue weighted by Gasteiger charge is -2.31. The van der Waals surface area contributed by atoms with Crippen LogP contribution in [0.25, 0.3) is 0 Å². The maximum Gasteiger partial charge on any atom is 0.239 e. The van der Waals surface area contributed by atoms with E-state index in [2.05, 4.69) is 6.66 Å². The van der Waals surface area contributed by atoms with E-state index in [0.717, 1.165) is 0 Å². The molecule has 0 saturated carbocycles. The normalized spacial score (nSPS) is 22.3. The Hall–Kier alpha value is -2.07. The van der Waals surface area contributed by atoms with Crippen molar-refractivity contribution in [3.05, 3.63) is 48.3 Å². The van der Waals surface area contributed by atoms with E-state index in [4.69, 9.17) is 8.83 Å². The number of amides is 2. The van der Waals surface area contributed by atoms with Gasteiger partial charge in [-0.1, -0.05) is 0 Å². The van der Waals surface area contributed by atoms with Crippen molar-refractivity contribution in [3.8, 4) is 0 Å². The molecule has 0 unspecified atom stereocenters. The number of hydrogen-bond acceptors (Lipinski definition) is 4. The Balaban J connectivity index is 2.11. The first-order valence-corrected chi connectivity index (χ1v) is 8.83. The van der Waals surface area contributed by atoms with Crippen molar-refractivity contribution in [1.29, 1.82) is 0 Å². The van der Waals surface area contributed by atoms with E-state index in [1.165, 1.54) is 23.9 Å². The first-order chi connectivity index (χ1) is 10.5. The minimum atomic E-state index is -0.814. The molecule has 1 saturated heterocycles. The van der Waals surface area contributed by atoms with Crippen LogP contribution in [0.2, 0.25) is 0 Å². The van der Waals surface area contributed by atoms with Gasteiger partial charge in [-0.3, -0.25) is 9.59 Å². The molecule has 116 valence electrons. The third kappa shape index (κ3) is 2.24. The van der Waals surface area contributed by atoms with Gasteiger partial charge in [0.15, 0.2) is 0 Å². The van der Waals surface area contributed by atoms with Gasteiger partial charge in [0.1, 0.15) is 23.1 Å². The fraction of sp³-hybridized carbons (Fsp3) is 0.333. The number of nitrogens with zero attached hydrogens (tertiary/aromatic N) is 2. The highest BCUT2D eigenvalue weighted by Crippen LogP contribution is 2.67. The molecule has 0 bridgehead atoms. The van der Waals surface area contributed by atoms with Crippen molar-refractivity contribution in [2.45, 2.75) is 25.4 Å². The van der Waals surface area contributed by atoms with Crippen LogP contribution in [0, 0.1) is 0 Å². The lowest BCUT2D eigenvalue weighted by atomic mass is 10.4. The lowest BCUT2D eigenvalue weighted by Crippen LogP contribution is -2.44. The summed E-state index contributed by atoms with van der Waals surface area (Å²) in [6, 6.07) is 7.24. The van der Waals surface area contributed by atoms with E-state index < -0.39 is 7.92 Å². The first kappa shape index (κ1) is 14.9. The van der Waals surface area contributed by atoms with Crippen LogP contribution in [0.5, 0.6) is 0 Å². The number of rotatable bonds is 2. The van der Waals surface area contributed by atoms with Gasteiger partial charge in [-0.25, -0.2) is 10.0 Å². The van der Waals surface area contributed by atoms with Crippen LogP contribution in [0.1, 0.15) is 36.9 Å². The molecule has 1 fully saturated rings. The Bertz CT molecular complexity index is 610. The number of carbonyl (C=O) groups is 2. The minimum Gasteiger partial charge on any atom is -0.467 e. The SMILES string of the molecule is CC(=O)N1[C@H](c2ccco2)P(C)[C@@H](c2ccco2)N1C(C)=O. The molecule has 0 aromatic carbocycles. The van der Waals surface area contributed by atoms with Crippen molar-refractivity contribution in [1.82, 2.24) is 10.0 Å². The molecule has 7 heteroatoms. The lowest BCUT2D eigenvalue weighted by molar-refractivity contribution is -0.163. The van der Waals surface area contributed by atoms with E-state index in [-0.39, 0.29) is 23.4 Å². The van der Waals surface area contributed by atoms with Crippen LogP contribution in [0.3, 0.4) is 0 Å². The summed E-state index contributed by atoms with van der Waals surface area (Å²) in [5.41, 5.74) is 0. The van der Waals surface area contributed by atoms with E-state index in [0.29, 0.717) is 11.5 Å². The third-order valence-electron chi connectivity index (χ3n) is 3.71. The summed E-state index contributed by atoms with van der Waals surface area (Å²) in [5.74, 6) is 0.427. The van der Waals surface area contributed by atoms with Gasteiger partial charge in [0.25, 0.3) is 0 Å². The molecule has 2 amide bonds. The van der Waals surface area contributed by atoms with Gasteiger partial charge >= 0.3 is 0 Å².